The first-order valence-corrected chi connectivity index (χ1v) is 7.56. The van der Waals surface area contributed by atoms with Crippen molar-refractivity contribution in [1.29, 1.82) is 0 Å². The molecule has 0 bridgehead atoms. The molecule has 0 fully saturated rings. The van der Waals surface area contributed by atoms with Gasteiger partial charge in [0.25, 0.3) is 0 Å². The molecule has 0 aliphatic heterocycles. The molecule has 0 amide bonds. The van der Waals surface area contributed by atoms with E-state index in [2.05, 4.69) is 0 Å². The summed E-state index contributed by atoms with van der Waals surface area (Å²) in [5.74, 6) is -0.918. The van der Waals surface area contributed by atoms with Gasteiger partial charge in [-0.05, 0) is 30.3 Å². The van der Waals surface area contributed by atoms with Gasteiger partial charge < -0.3 is 14.2 Å². The van der Waals surface area contributed by atoms with Gasteiger partial charge >= 0.3 is 12.4 Å². The first kappa shape index (κ1) is 21.4. The van der Waals surface area contributed by atoms with Crippen LogP contribution in [-0.4, -0.2) is 27.1 Å². The molecule has 10 heteroatoms. The number of benzene rings is 2. The summed E-state index contributed by atoms with van der Waals surface area (Å²) in [5, 5.41) is 0. The standard InChI is InChI=1S/C18H14F6O4/c1-26-13-6-10(7-14(27-2)16(13)28-3)15(25)9-4-11(17(19,20)21)8-12(5-9)18(22,23)24/h4-8H,1-3H3. The van der Waals surface area contributed by atoms with Crippen LogP contribution in [0.5, 0.6) is 17.2 Å². The number of hydrogen-bond acceptors (Lipinski definition) is 4. The van der Waals surface area contributed by atoms with Gasteiger partial charge in [-0.15, -0.1) is 0 Å². The Labute approximate surface area is 155 Å². The van der Waals surface area contributed by atoms with Crippen LogP contribution in [0.3, 0.4) is 0 Å². The number of ketones is 1. The number of alkyl halides is 6. The summed E-state index contributed by atoms with van der Waals surface area (Å²) in [4.78, 5) is 12.7. The lowest BCUT2D eigenvalue weighted by Gasteiger charge is -2.15. The van der Waals surface area contributed by atoms with Crippen molar-refractivity contribution < 1.29 is 45.3 Å². The van der Waals surface area contributed by atoms with E-state index in [0.717, 1.165) is 12.1 Å². The normalized spacial score (nSPS) is 11.9. The number of carbonyl (C=O) groups is 1. The van der Waals surface area contributed by atoms with Crippen LogP contribution in [0.25, 0.3) is 0 Å². The van der Waals surface area contributed by atoms with Gasteiger partial charge in [0.2, 0.25) is 5.75 Å². The van der Waals surface area contributed by atoms with E-state index in [1.807, 2.05) is 0 Å². The molecular formula is C18H14F6O4. The second kappa shape index (κ2) is 7.61. The molecule has 152 valence electrons. The van der Waals surface area contributed by atoms with Crippen LogP contribution in [0.4, 0.5) is 26.3 Å². The Balaban J connectivity index is 2.66. The van der Waals surface area contributed by atoms with Crippen LogP contribution in [0.2, 0.25) is 0 Å². The minimum Gasteiger partial charge on any atom is -0.493 e. The molecule has 0 saturated heterocycles. The average molecular weight is 408 g/mol. The Bertz CT molecular complexity index is 829. The summed E-state index contributed by atoms with van der Waals surface area (Å²) >= 11 is 0. The van der Waals surface area contributed by atoms with E-state index in [-0.39, 0.29) is 28.9 Å². The largest absolute Gasteiger partial charge is 0.493 e. The number of hydrogen-bond donors (Lipinski definition) is 0. The van der Waals surface area contributed by atoms with Gasteiger partial charge in [0.15, 0.2) is 17.3 Å². The number of carbonyl (C=O) groups excluding carboxylic acids is 1. The van der Waals surface area contributed by atoms with E-state index in [0.29, 0.717) is 12.1 Å². The van der Waals surface area contributed by atoms with Crippen molar-refractivity contribution in [2.24, 2.45) is 0 Å². The van der Waals surface area contributed by atoms with E-state index in [4.69, 9.17) is 14.2 Å². The van der Waals surface area contributed by atoms with E-state index < -0.39 is 34.8 Å². The molecule has 0 radical (unpaired) electrons. The third-order valence-electron chi connectivity index (χ3n) is 3.78. The van der Waals surface area contributed by atoms with E-state index >= 15 is 0 Å². The predicted octanol–water partition coefficient (Wildman–Crippen LogP) is 4.98. The molecule has 0 heterocycles. The lowest BCUT2D eigenvalue weighted by atomic mass is 9.97. The monoisotopic (exact) mass is 408 g/mol. The summed E-state index contributed by atoms with van der Waals surface area (Å²) < 4.78 is 93.2. The summed E-state index contributed by atoms with van der Waals surface area (Å²) in [6.45, 7) is 0. The van der Waals surface area contributed by atoms with E-state index in [1.54, 1.807) is 0 Å². The highest BCUT2D eigenvalue weighted by molar-refractivity contribution is 6.10. The molecule has 0 aliphatic carbocycles. The van der Waals surface area contributed by atoms with Gasteiger partial charge in [0.05, 0.1) is 32.5 Å². The summed E-state index contributed by atoms with van der Waals surface area (Å²) in [6.07, 6.45) is -10.1. The van der Waals surface area contributed by atoms with Gasteiger partial charge in [0, 0.05) is 11.1 Å². The molecule has 0 aromatic heterocycles. The Morgan fingerprint density at radius 3 is 1.39 bits per heavy atom. The topological polar surface area (TPSA) is 44.8 Å². The highest BCUT2D eigenvalue weighted by Gasteiger charge is 2.37. The van der Waals surface area contributed by atoms with E-state index in [9.17, 15) is 31.1 Å². The zero-order chi connectivity index (χ0) is 21.3. The highest BCUT2D eigenvalue weighted by Crippen LogP contribution is 2.40. The summed E-state index contributed by atoms with van der Waals surface area (Å²) in [5.41, 5.74) is -4.19. The van der Waals surface area contributed by atoms with Gasteiger partial charge in [-0.3, -0.25) is 4.79 Å². The fourth-order valence-corrected chi connectivity index (χ4v) is 2.46. The molecule has 4 nitrogen and oxygen atoms in total. The third kappa shape index (κ3) is 4.32. The first-order chi connectivity index (χ1) is 12.9. The fraction of sp³-hybridized carbons (Fsp3) is 0.278. The summed E-state index contributed by atoms with van der Waals surface area (Å²) in [6, 6.07) is 2.95. The first-order valence-electron chi connectivity index (χ1n) is 7.56. The Morgan fingerprint density at radius 1 is 0.679 bits per heavy atom. The Hall–Kier alpha value is -2.91. The van der Waals surface area contributed by atoms with Crippen molar-refractivity contribution in [1.82, 2.24) is 0 Å². The SMILES string of the molecule is COc1cc(C(=O)c2cc(C(F)(F)F)cc(C(F)(F)F)c2)cc(OC)c1OC. The number of methoxy groups -OCH3 is 3. The highest BCUT2D eigenvalue weighted by atomic mass is 19.4. The van der Waals surface area contributed by atoms with E-state index in [1.165, 1.54) is 21.3 Å². The maximum Gasteiger partial charge on any atom is 0.416 e. The minimum atomic E-state index is -5.06. The van der Waals surface area contributed by atoms with Gasteiger partial charge in [-0.1, -0.05) is 0 Å². The van der Waals surface area contributed by atoms with Crippen molar-refractivity contribution >= 4 is 5.78 Å². The van der Waals surface area contributed by atoms with Gasteiger partial charge in [0.1, 0.15) is 0 Å². The molecule has 2 aromatic carbocycles. The van der Waals surface area contributed by atoms with Crippen molar-refractivity contribution in [3.63, 3.8) is 0 Å². The zero-order valence-corrected chi connectivity index (χ0v) is 14.8. The second-order valence-corrected chi connectivity index (χ2v) is 5.54. The molecule has 2 rings (SSSR count). The molecule has 2 aromatic rings. The molecule has 0 spiro atoms. The Morgan fingerprint density at radius 2 is 1.07 bits per heavy atom. The Kier molecular flexibility index (Phi) is 5.81. The molecule has 0 atom stereocenters. The minimum absolute atomic E-state index is 0.0215. The van der Waals surface area contributed by atoms with Crippen molar-refractivity contribution in [2.75, 3.05) is 21.3 Å². The van der Waals surface area contributed by atoms with Crippen molar-refractivity contribution in [3.8, 4) is 17.2 Å². The number of halogens is 6. The number of rotatable bonds is 5. The molecule has 0 aliphatic rings. The second-order valence-electron chi connectivity index (χ2n) is 5.54. The molecule has 0 unspecified atom stereocenters. The van der Waals surface area contributed by atoms with Crippen molar-refractivity contribution in [2.45, 2.75) is 12.4 Å². The van der Waals surface area contributed by atoms with Crippen LogP contribution in [-0.2, 0) is 12.4 Å². The third-order valence-corrected chi connectivity index (χ3v) is 3.78. The maximum atomic E-state index is 13.0. The zero-order valence-electron chi connectivity index (χ0n) is 14.8. The summed E-state index contributed by atoms with van der Waals surface area (Å²) in [7, 11) is 3.79. The smallest absolute Gasteiger partial charge is 0.416 e. The van der Waals surface area contributed by atoms with Gasteiger partial charge in [-0.2, -0.15) is 26.3 Å². The molecular weight excluding hydrogens is 394 g/mol. The van der Waals surface area contributed by atoms with Crippen LogP contribution in [0, 0.1) is 0 Å². The van der Waals surface area contributed by atoms with Gasteiger partial charge in [-0.25, -0.2) is 0 Å². The maximum absolute atomic E-state index is 13.0. The molecule has 0 saturated carbocycles. The van der Waals surface area contributed by atoms with Crippen LogP contribution >= 0.6 is 0 Å². The molecule has 0 N–H and O–H groups in total. The van der Waals surface area contributed by atoms with Crippen LogP contribution in [0.1, 0.15) is 27.0 Å². The van der Waals surface area contributed by atoms with Crippen LogP contribution in [0.15, 0.2) is 30.3 Å². The lowest BCUT2D eigenvalue weighted by Crippen LogP contribution is -2.14. The average Bonchev–Trinajstić information content (AvgIpc) is 2.64. The predicted molar refractivity (Wildman–Crippen MR) is 86.0 cm³/mol. The molecule has 28 heavy (non-hydrogen) atoms. The lowest BCUT2D eigenvalue weighted by molar-refractivity contribution is -0.143. The fourth-order valence-electron chi connectivity index (χ4n) is 2.46. The quantitative estimate of drug-likeness (QED) is 0.517. The van der Waals surface area contributed by atoms with Crippen molar-refractivity contribution in [3.05, 3.63) is 52.6 Å². The number of ether oxygens (including phenoxy) is 3. The van der Waals surface area contributed by atoms with Crippen LogP contribution < -0.4 is 14.2 Å².